The van der Waals surface area contributed by atoms with Crippen LogP contribution < -0.4 is 5.73 Å². The van der Waals surface area contributed by atoms with Gasteiger partial charge in [0.1, 0.15) is 0 Å². The van der Waals surface area contributed by atoms with E-state index in [1.807, 2.05) is 11.0 Å². The average Bonchev–Trinajstić information content (AvgIpc) is 2.72. The van der Waals surface area contributed by atoms with Gasteiger partial charge < -0.3 is 15.4 Å². The summed E-state index contributed by atoms with van der Waals surface area (Å²) in [5.74, 6) is 0.447. The van der Waals surface area contributed by atoms with Crippen molar-refractivity contribution in [3.05, 3.63) is 16.5 Å². The molecule has 0 radical (unpaired) electrons. The Kier molecular flexibility index (Phi) is 3.69. The van der Waals surface area contributed by atoms with Gasteiger partial charge in [0.2, 0.25) is 0 Å². The summed E-state index contributed by atoms with van der Waals surface area (Å²) in [6.07, 6.45) is 0. The van der Waals surface area contributed by atoms with E-state index in [0.717, 1.165) is 0 Å². The van der Waals surface area contributed by atoms with Crippen molar-refractivity contribution in [3.63, 3.8) is 0 Å². The molecule has 0 spiro atoms. The van der Waals surface area contributed by atoms with E-state index in [0.29, 0.717) is 42.8 Å². The molecular formula is C12H18N2O2S. The normalized spacial score (nSPS) is 16.5. The molecule has 0 bridgehead atoms. The van der Waals surface area contributed by atoms with Crippen molar-refractivity contribution in [1.29, 1.82) is 0 Å². The molecular weight excluding hydrogens is 236 g/mol. The molecule has 0 unspecified atom stereocenters. The molecule has 1 saturated heterocycles. The van der Waals surface area contributed by atoms with Gasteiger partial charge in [0.15, 0.2) is 0 Å². The predicted molar refractivity (Wildman–Crippen MR) is 69.5 cm³/mol. The second-order valence-corrected chi connectivity index (χ2v) is 5.60. The van der Waals surface area contributed by atoms with Gasteiger partial charge >= 0.3 is 0 Å². The van der Waals surface area contributed by atoms with E-state index >= 15 is 0 Å². The Bertz CT molecular complexity index is 409. The molecule has 0 aromatic carbocycles. The van der Waals surface area contributed by atoms with Crippen LogP contribution >= 0.6 is 11.3 Å². The highest BCUT2D eigenvalue weighted by Crippen LogP contribution is 2.31. The number of thiophene rings is 1. The van der Waals surface area contributed by atoms with Crippen molar-refractivity contribution >= 4 is 22.2 Å². The fraction of sp³-hybridized carbons (Fsp3) is 0.583. The van der Waals surface area contributed by atoms with E-state index in [-0.39, 0.29) is 5.91 Å². The number of nitrogen functional groups attached to an aromatic ring is 1. The molecule has 1 fully saturated rings. The van der Waals surface area contributed by atoms with Crippen LogP contribution in [0.1, 0.15) is 35.0 Å². The van der Waals surface area contributed by atoms with Crippen molar-refractivity contribution in [2.24, 2.45) is 0 Å². The molecule has 1 aliphatic heterocycles. The van der Waals surface area contributed by atoms with Gasteiger partial charge in [0, 0.05) is 18.0 Å². The van der Waals surface area contributed by atoms with E-state index in [4.69, 9.17) is 10.5 Å². The Morgan fingerprint density at radius 3 is 2.65 bits per heavy atom. The Balaban J connectivity index is 2.18. The molecule has 94 valence electrons. The number of hydrogen-bond acceptors (Lipinski definition) is 4. The standard InChI is InChI=1S/C12H18N2O2S/c1-8(2)10-7-9(11(13)17-10)12(15)14-3-5-16-6-4-14/h7-8H,3-6,13H2,1-2H3. The highest BCUT2D eigenvalue weighted by atomic mass is 32.1. The molecule has 1 aromatic heterocycles. The lowest BCUT2D eigenvalue weighted by Crippen LogP contribution is -2.40. The van der Waals surface area contributed by atoms with Crippen molar-refractivity contribution < 1.29 is 9.53 Å². The van der Waals surface area contributed by atoms with Crippen LogP contribution in [0.25, 0.3) is 0 Å². The molecule has 1 aliphatic rings. The third kappa shape index (κ3) is 2.61. The smallest absolute Gasteiger partial charge is 0.257 e. The van der Waals surface area contributed by atoms with Gasteiger partial charge in [-0.25, -0.2) is 0 Å². The maximum Gasteiger partial charge on any atom is 0.257 e. The van der Waals surface area contributed by atoms with Crippen LogP contribution in [0.2, 0.25) is 0 Å². The molecule has 1 amide bonds. The first-order chi connectivity index (χ1) is 8.09. The molecule has 4 nitrogen and oxygen atoms in total. The summed E-state index contributed by atoms with van der Waals surface area (Å²) in [5.41, 5.74) is 6.58. The monoisotopic (exact) mass is 254 g/mol. The van der Waals surface area contributed by atoms with Gasteiger partial charge in [-0.1, -0.05) is 13.8 Å². The van der Waals surface area contributed by atoms with Crippen LogP contribution in [-0.4, -0.2) is 37.1 Å². The number of nitrogens with two attached hydrogens (primary N) is 1. The zero-order valence-electron chi connectivity index (χ0n) is 10.2. The summed E-state index contributed by atoms with van der Waals surface area (Å²) in [5, 5.41) is 0.630. The molecule has 5 heteroatoms. The van der Waals surface area contributed by atoms with E-state index in [1.165, 1.54) is 16.2 Å². The second-order valence-electron chi connectivity index (χ2n) is 4.49. The quantitative estimate of drug-likeness (QED) is 0.877. The maximum absolute atomic E-state index is 12.3. The van der Waals surface area contributed by atoms with Gasteiger partial charge in [-0.15, -0.1) is 11.3 Å². The molecule has 17 heavy (non-hydrogen) atoms. The molecule has 0 atom stereocenters. The zero-order chi connectivity index (χ0) is 12.4. The number of morpholine rings is 1. The lowest BCUT2D eigenvalue weighted by Gasteiger charge is -2.26. The number of nitrogens with zero attached hydrogens (tertiary/aromatic N) is 1. The number of ether oxygens (including phenoxy) is 1. The molecule has 2 N–H and O–H groups in total. The number of carbonyl (C=O) groups is 1. The van der Waals surface area contributed by atoms with Gasteiger partial charge in [0.25, 0.3) is 5.91 Å². The summed E-state index contributed by atoms with van der Waals surface area (Å²) in [6.45, 7) is 6.76. The molecule has 2 rings (SSSR count). The van der Waals surface area contributed by atoms with Crippen LogP contribution in [0.5, 0.6) is 0 Å². The second kappa shape index (κ2) is 5.06. The van der Waals surface area contributed by atoms with E-state index in [2.05, 4.69) is 13.8 Å². The Morgan fingerprint density at radius 2 is 2.12 bits per heavy atom. The molecule has 0 aliphatic carbocycles. The SMILES string of the molecule is CC(C)c1cc(C(=O)N2CCOCC2)c(N)s1. The number of amides is 1. The van der Waals surface area contributed by atoms with E-state index in [1.54, 1.807) is 0 Å². The highest BCUT2D eigenvalue weighted by molar-refractivity contribution is 7.16. The van der Waals surface area contributed by atoms with Crippen LogP contribution in [0, 0.1) is 0 Å². The fourth-order valence-electron chi connectivity index (χ4n) is 1.81. The van der Waals surface area contributed by atoms with Gasteiger partial charge in [-0.3, -0.25) is 4.79 Å². The zero-order valence-corrected chi connectivity index (χ0v) is 11.0. The van der Waals surface area contributed by atoms with Crippen LogP contribution in [0.15, 0.2) is 6.07 Å². The minimum Gasteiger partial charge on any atom is -0.390 e. The summed E-state index contributed by atoms with van der Waals surface area (Å²) in [4.78, 5) is 15.2. The molecule has 0 saturated carbocycles. The topological polar surface area (TPSA) is 55.6 Å². The minimum atomic E-state index is 0.0361. The third-order valence-electron chi connectivity index (χ3n) is 2.88. The maximum atomic E-state index is 12.3. The van der Waals surface area contributed by atoms with E-state index in [9.17, 15) is 4.79 Å². The Labute approximate surface area is 105 Å². The number of carbonyl (C=O) groups excluding carboxylic acids is 1. The number of rotatable bonds is 2. The number of hydrogen-bond donors (Lipinski definition) is 1. The first kappa shape index (κ1) is 12.4. The summed E-state index contributed by atoms with van der Waals surface area (Å²) < 4.78 is 5.24. The lowest BCUT2D eigenvalue weighted by atomic mass is 10.1. The summed E-state index contributed by atoms with van der Waals surface area (Å²) in [6, 6.07) is 1.93. The Hall–Kier alpha value is -1.07. The van der Waals surface area contributed by atoms with E-state index < -0.39 is 0 Å². The summed E-state index contributed by atoms with van der Waals surface area (Å²) >= 11 is 1.51. The Morgan fingerprint density at radius 1 is 1.47 bits per heavy atom. The van der Waals surface area contributed by atoms with Gasteiger partial charge in [0.05, 0.1) is 23.8 Å². The van der Waals surface area contributed by atoms with Crippen LogP contribution in [0.3, 0.4) is 0 Å². The van der Waals surface area contributed by atoms with Crippen molar-refractivity contribution in [3.8, 4) is 0 Å². The van der Waals surface area contributed by atoms with Gasteiger partial charge in [-0.05, 0) is 12.0 Å². The number of anilines is 1. The molecule has 1 aromatic rings. The lowest BCUT2D eigenvalue weighted by molar-refractivity contribution is 0.0304. The summed E-state index contributed by atoms with van der Waals surface area (Å²) in [7, 11) is 0. The first-order valence-corrected chi connectivity index (χ1v) is 6.67. The van der Waals surface area contributed by atoms with Crippen molar-refractivity contribution in [2.75, 3.05) is 32.0 Å². The van der Waals surface area contributed by atoms with Gasteiger partial charge in [-0.2, -0.15) is 0 Å². The minimum absolute atomic E-state index is 0.0361. The fourth-order valence-corrected chi connectivity index (χ4v) is 2.74. The first-order valence-electron chi connectivity index (χ1n) is 5.86. The largest absolute Gasteiger partial charge is 0.390 e. The van der Waals surface area contributed by atoms with Crippen molar-refractivity contribution in [2.45, 2.75) is 19.8 Å². The van der Waals surface area contributed by atoms with Crippen molar-refractivity contribution in [1.82, 2.24) is 4.90 Å². The average molecular weight is 254 g/mol. The highest BCUT2D eigenvalue weighted by Gasteiger charge is 2.22. The predicted octanol–water partition coefficient (Wildman–Crippen LogP) is 1.93. The molecule has 2 heterocycles. The van der Waals surface area contributed by atoms with Crippen LogP contribution in [-0.2, 0) is 4.74 Å². The van der Waals surface area contributed by atoms with Crippen LogP contribution in [0.4, 0.5) is 5.00 Å². The third-order valence-corrected chi connectivity index (χ3v) is 4.14.